The van der Waals surface area contributed by atoms with Crippen LogP contribution in [0.4, 0.5) is 8.78 Å². The van der Waals surface area contributed by atoms with Crippen LogP contribution in [0.3, 0.4) is 0 Å². The van der Waals surface area contributed by atoms with E-state index >= 15 is 0 Å². The van der Waals surface area contributed by atoms with E-state index in [9.17, 15) is 8.78 Å². The fourth-order valence-electron chi connectivity index (χ4n) is 2.12. The molecule has 3 nitrogen and oxygen atoms in total. The molecule has 1 aromatic rings. The highest BCUT2D eigenvalue weighted by Gasteiger charge is 2.14. The van der Waals surface area contributed by atoms with Gasteiger partial charge in [0, 0.05) is 12.6 Å². The van der Waals surface area contributed by atoms with E-state index in [0.717, 1.165) is 24.9 Å². The van der Waals surface area contributed by atoms with Crippen LogP contribution >= 0.6 is 0 Å². The molecule has 0 fully saturated rings. The Kier molecular flexibility index (Phi) is 5.35. The van der Waals surface area contributed by atoms with E-state index < -0.39 is 6.61 Å². The van der Waals surface area contributed by atoms with Gasteiger partial charge in [0.05, 0.1) is 6.26 Å². The number of allylic oxidation sites excluding steroid dienone is 1. The molecule has 1 N–H and O–H groups in total. The van der Waals surface area contributed by atoms with Crippen molar-refractivity contribution in [3.8, 4) is 5.75 Å². The van der Waals surface area contributed by atoms with Gasteiger partial charge in [-0.05, 0) is 43.5 Å². The molecular formula is C15H19F2NO2. The third-order valence-corrected chi connectivity index (χ3v) is 3.26. The van der Waals surface area contributed by atoms with E-state index in [1.165, 1.54) is 6.07 Å². The van der Waals surface area contributed by atoms with E-state index in [4.69, 9.17) is 4.74 Å². The minimum atomic E-state index is -2.80. The summed E-state index contributed by atoms with van der Waals surface area (Å²) in [5, 5.41) is 3.35. The SMILES string of the molecule is CC(NCC1CCC=CO1)c1cccc(OC(F)F)c1. The Bertz CT molecular complexity index is 451. The lowest BCUT2D eigenvalue weighted by Gasteiger charge is -2.22. The van der Waals surface area contributed by atoms with Crippen LogP contribution < -0.4 is 10.1 Å². The standard InChI is InChI=1S/C15H19F2NO2/c1-11(18-10-14-6-2-3-8-19-14)12-5-4-7-13(9-12)20-15(16)17/h3-5,7-9,11,14-15,18H,2,6,10H2,1H3. The summed E-state index contributed by atoms with van der Waals surface area (Å²) < 4.78 is 34.2. The van der Waals surface area contributed by atoms with E-state index in [0.29, 0.717) is 0 Å². The minimum absolute atomic E-state index is 0.0470. The molecule has 0 spiro atoms. The highest BCUT2D eigenvalue weighted by atomic mass is 19.3. The summed E-state index contributed by atoms with van der Waals surface area (Å²) in [6, 6.07) is 6.80. The first-order valence-corrected chi connectivity index (χ1v) is 6.74. The predicted octanol–water partition coefficient (Wildman–Crippen LogP) is 3.63. The summed E-state index contributed by atoms with van der Waals surface area (Å²) in [7, 11) is 0. The second kappa shape index (κ2) is 7.24. The largest absolute Gasteiger partial charge is 0.497 e. The molecule has 20 heavy (non-hydrogen) atoms. The van der Waals surface area contributed by atoms with Crippen LogP contribution in [0.15, 0.2) is 36.6 Å². The maximum absolute atomic E-state index is 12.2. The molecule has 0 radical (unpaired) electrons. The number of alkyl halides is 2. The predicted molar refractivity (Wildman–Crippen MR) is 72.7 cm³/mol. The highest BCUT2D eigenvalue weighted by molar-refractivity contribution is 5.30. The molecule has 1 aliphatic rings. The minimum Gasteiger partial charge on any atom is -0.497 e. The third kappa shape index (κ3) is 4.49. The number of benzene rings is 1. The third-order valence-electron chi connectivity index (χ3n) is 3.26. The average Bonchev–Trinajstić information content (AvgIpc) is 2.45. The van der Waals surface area contributed by atoms with Crippen LogP contribution in [0.2, 0.25) is 0 Å². The Morgan fingerprint density at radius 1 is 1.45 bits per heavy atom. The zero-order valence-electron chi connectivity index (χ0n) is 11.4. The maximum atomic E-state index is 12.2. The Morgan fingerprint density at radius 3 is 3.00 bits per heavy atom. The van der Waals surface area contributed by atoms with Crippen LogP contribution in [0.1, 0.15) is 31.4 Å². The van der Waals surface area contributed by atoms with E-state index in [1.807, 2.05) is 19.1 Å². The van der Waals surface area contributed by atoms with Gasteiger partial charge in [-0.15, -0.1) is 0 Å². The summed E-state index contributed by atoms with van der Waals surface area (Å²) in [5.74, 6) is 0.183. The number of hydrogen-bond donors (Lipinski definition) is 1. The normalized spacial score (nSPS) is 19.7. The lowest BCUT2D eigenvalue weighted by molar-refractivity contribution is -0.0499. The van der Waals surface area contributed by atoms with Crippen molar-refractivity contribution in [2.45, 2.75) is 38.5 Å². The van der Waals surface area contributed by atoms with Crippen molar-refractivity contribution >= 4 is 0 Å². The first-order valence-electron chi connectivity index (χ1n) is 6.74. The van der Waals surface area contributed by atoms with Crippen LogP contribution in [0.25, 0.3) is 0 Å². The van der Waals surface area contributed by atoms with Gasteiger partial charge in [-0.25, -0.2) is 0 Å². The van der Waals surface area contributed by atoms with Gasteiger partial charge in [0.1, 0.15) is 11.9 Å². The van der Waals surface area contributed by atoms with Crippen LogP contribution in [0, 0.1) is 0 Å². The molecular weight excluding hydrogens is 264 g/mol. The number of ether oxygens (including phenoxy) is 2. The van der Waals surface area contributed by atoms with E-state index in [-0.39, 0.29) is 17.9 Å². The molecule has 1 aliphatic heterocycles. The fraction of sp³-hybridized carbons (Fsp3) is 0.467. The summed E-state index contributed by atoms with van der Waals surface area (Å²) in [4.78, 5) is 0. The average molecular weight is 283 g/mol. The number of nitrogens with one attached hydrogen (secondary N) is 1. The summed E-state index contributed by atoms with van der Waals surface area (Å²) in [6.07, 6.45) is 5.93. The molecule has 0 aromatic heterocycles. The Hall–Kier alpha value is -1.62. The van der Waals surface area contributed by atoms with Gasteiger partial charge in [-0.3, -0.25) is 0 Å². The molecule has 110 valence electrons. The van der Waals surface area contributed by atoms with Gasteiger partial charge < -0.3 is 14.8 Å². The lowest BCUT2D eigenvalue weighted by Crippen LogP contribution is -2.31. The van der Waals surface area contributed by atoms with Crippen LogP contribution in [-0.2, 0) is 4.74 Å². The summed E-state index contributed by atoms with van der Waals surface area (Å²) in [6.45, 7) is -0.0815. The topological polar surface area (TPSA) is 30.5 Å². The van der Waals surface area contributed by atoms with E-state index in [1.54, 1.807) is 18.4 Å². The van der Waals surface area contributed by atoms with Crippen molar-refractivity contribution in [3.05, 3.63) is 42.2 Å². The molecule has 2 atom stereocenters. The molecule has 2 rings (SSSR count). The second-order valence-corrected chi connectivity index (χ2v) is 4.79. The van der Waals surface area contributed by atoms with Gasteiger partial charge in [-0.2, -0.15) is 8.78 Å². The second-order valence-electron chi connectivity index (χ2n) is 4.79. The van der Waals surface area contributed by atoms with Gasteiger partial charge in [0.2, 0.25) is 0 Å². The molecule has 1 aromatic carbocycles. The van der Waals surface area contributed by atoms with Crippen molar-refractivity contribution in [2.75, 3.05) is 6.54 Å². The highest BCUT2D eigenvalue weighted by Crippen LogP contribution is 2.21. The molecule has 1 heterocycles. The Morgan fingerprint density at radius 2 is 2.30 bits per heavy atom. The number of hydrogen-bond acceptors (Lipinski definition) is 3. The summed E-state index contributed by atoms with van der Waals surface area (Å²) >= 11 is 0. The van der Waals surface area contributed by atoms with Crippen molar-refractivity contribution in [3.63, 3.8) is 0 Å². The molecule has 0 amide bonds. The zero-order chi connectivity index (χ0) is 14.4. The zero-order valence-corrected chi connectivity index (χ0v) is 11.4. The van der Waals surface area contributed by atoms with Crippen molar-refractivity contribution in [2.24, 2.45) is 0 Å². The van der Waals surface area contributed by atoms with Gasteiger partial charge in [0.15, 0.2) is 0 Å². The number of halogens is 2. The monoisotopic (exact) mass is 283 g/mol. The van der Waals surface area contributed by atoms with Gasteiger partial charge in [0.25, 0.3) is 0 Å². The lowest BCUT2D eigenvalue weighted by atomic mass is 10.1. The Balaban J connectivity index is 1.87. The molecule has 5 heteroatoms. The summed E-state index contributed by atoms with van der Waals surface area (Å²) in [5.41, 5.74) is 0.912. The fourth-order valence-corrected chi connectivity index (χ4v) is 2.12. The molecule has 0 bridgehead atoms. The maximum Gasteiger partial charge on any atom is 0.387 e. The number of rotatable bonds is 6. The first-order chi connectivity index (χ1) is 9.65. The van der Waals surface area contributed by atoms with Crippen molar-refractivity contribution in [1.29, 1.82) is 0 Å². The first kappa shape index (κ1) is 14.8. The van der Waals surface area contributed by atoms with Gasteiger partial charge >= 0.3 is 6.61 Å². The van der Waals surface area contributed by atoms with Crippen molar-refractivity contribution in [1.82, 2.24) is 5.32 Å². The molecule has 0 aliphatic carbocycles. The smallest absolute Gasteiger partial charge is 0.387 e. The van der Waals surface area contributed by atoms with E-state index in [2.05, 4.69) is 10.1 Å². The van der Waals surface area contributed by atoms with Crippen LogP contribution in [-0.4, -0.2) is 19.3 Å². The molecule has 0 saturated carbocycles. The quantitative estimate of drug-likeness (QED) is 0.864. The molecule has 2 unspecified atom stereocenters. The van der Waals surface area contributed by atoms with Gasteiger partial charge in [-0.1, -0.05) is 12.1 Å². The van der Waals surface area contributed by atoms with Crippen LogP contribution in [0.5, 0.6) is 5.75 Å². The van der Waals surface area contributed by atoms with Crippen molar-refractivity contribution < 1.29 is 18.3 Å². The molecule has 0 saturated heterocycles. The Labute approximate surface area is 117 Å².